The molecule has 0 bridgehead atoms. The molecule has 0 aromatic heterocycles. The van der Waals surface area contributed by atoms with E-state index in [-0.39, 0.29) is 36.9 Å². The number of hydrogen-bond acceptors (Lipinski definition) is 5. The Morgan fingerprint density at radius 1 is 0.356 bits per heavy atom. The molecule has 0 fully saturated rings. The minimum absolute atomic E-state index is 0.0918. The van der Waals surface area contributed by atoms with Crippen molar-refractivity contribution in [1.82, 2.24) is 5.32 Å². The largest absolute Gasteiger partial charge is 0.463 e. The highest BCUT2D eigenvalue weighted by molar-refractivity contribution is 5.85. The normalized spacial score (nSPS) is 13.0. The van der Waals surface area contributed by atoms with E-state index in [4.69, 9.17) is 9.47 Å². The third-order valence-electron chi connectivity index (χ3n) is 12.3. The molecule has 0 aliphatic rings. The van der Waals surface area contributed by atoms with Gasteiger partial charge in [-0.3, -0.25) is 9.59 Å². The first-order chi connectivity index (χ1) is 28.8. The molecule has 6 nitrogen and oxygen atoms in total. The highest BCUT2D eigenvalue weighted by atomic mass is 16.5. The molecule has 0 spiro atoms. The maximum atomic E-state index is 13.4. The second kappa shape index (κ2) is 45.9. The fraction of sp³-hybridized carbons (Fsp3) is 0.943. The topological polar surface area (TPSA) is 81.7 Å². The van der Waals surface area contributed by atoms with Crippen LogP contribution < -0.4 is 5.32 Å². The van der Waals surface area contributed by atoms with Crippen molar-refractivity contribution in [2.24, 2.45) is 0 Å². The lowest BCUT2D eigenvalue weighted by atomic mass is 10.0. The van der Waals surface area contributed by atoms with Crippen LogP contribution in [0.15, 0.2) is 0 Å². The van der Waals surface area contributed by atoms with E-state index in [0.717, 1.165) is 51.4 Å². The summed E-state index contributed by atoms with van der Waals surface area (Å²) in [7, 11) is 0. The maximum Gasteiger partial charge on any atom is 0.328 e. The first-order valence-electron chi connectivity index (χ1n) is 26.5. The number of amides is 1. The summed E-state index contributed by atoms with van der Waals surface area (Å²) >= 11 is 0. The van der Waals surface area contributed by atoms with Gasteiger partial charge >= 0.3 is 11.9 Å². The lowest BCUT2D eigenvalue weighted by Gasteiger charge is -2.21. The van der Waals surface area contributed by atoms with Crippen molar-refractivity contribution in [3.63, 3.8) is 0 Å². The molecule has 0 rings (SSSR count). The first kappa shape index (κ1) is 57.4. The van der Waals surface area contributed by atoms with Gasteiger partial charge in [0.25, 0.3) is 0 Å². The van der Waals surface area contributed by atoms with Crippen LogP contribution in [0.5, 0.6) is 0 Å². The number of carbonyl (C=O) groups excluding carboxylic acids is 3. The van der Waals surface area contributed by atoms with Gasteiger partial charge in [0.15, 0.2) is 0 Å². The predicted molar refractivity (Wildman–Crippen MR) is 254 cm³/mol. The number of carbonyl (C=O) groups is 3. The van der Waals surface area contributed by atoms with Crippen LogP contribution >= 0.6 is 0 Å². The van der Waals surface area contributed by atoms with Gasteiger partial charge in [-0.05, 0) is 52.4 Å². The van der Waals surface area contributed by atoms with Crippen LogP contribution in [0, 0.1) is 0 Å². The highest BCUT2D eigenvalue weighted by Crippen LogP contribution is 2.18. The zero-order valence-electron chi connectivity index (χ0n) is 40.5. The number of esters is 2. The molecule has 3 unspecified atom stereocenters. The molecule has 0 heterocycles. The summed E-state index contributed by atoms with van der Waals surface area (Å²) in [4.78, 5) is 39.2. The van der Waals surface area contributed by atoms with Gasteiger partial charge in [-0.2, -0.15) is 0 Å². The summed E-state index contributed by atoms with van der Waals surface area (Å²) in [5.41, 5.74) is 0. The van der Waals surface area contributed by atoms with Crippen molar-refractivity contribution in [2.45, 2.75) is 323 Å². The fourth-order valence-corrected chi connectivity index (χ4v) is 8.31. The summed E-state index contributed by atoms with van der Waals surface area (Å²) in [5, 5.41) is 2.94. The summed E-state index contributed by atoms with van der Waals surface area (Å²) in [5.74, 6) is -0.857. The smallest absolute Gasteiger partial charge is 0.328 e. The van der Waals surface area contributed by atoms with E-state index in [1.54, 1.807) is 0 Å². The molecule has 6 heteroatoms. The van der Waals surface area contributed by atoms with Crippen molar-refractivity contribution < 1.29 is 23.9 Å². The van der Waals surface area contributed by atoms with Gasteiger partial charge in [0, 0.05) is 12.8 Å². The minimum Gasteiger partial charge on any atom is -0.463 e. The van der Waals surface area contributed by atoms with Gasteiger partial charge < -0.3 is 14.8 Å². The molecular formula is C53H103NO5. The van der Waals surface area contributed by atoms with Gasteiger partial charge in [0.2, 0.25) is 5.91 Å². The van der Waals surface area contributed by atoms with E-state index in [9.17, 15) is 14.4 Å². The Bertz CT molecular complexity index is 908. The Morgan fingerprint density at radius 3 is 0.983 bits per heavy atom. The molecule has 3 atom stereocenters. The number of unbranched alkanes of at least 4 members (excludes halogenated alkanes) is 34. The molecule has 1 N–H and O–H groups in total. The first-order valence-corrected chi connectivity index (χ1v) is 26.5. The van der Waals surface area contributed by atoms with E-state index in [1.807, 2.05) is 13.8 Å². The van der Waals surface area contributed by atoms with Gasteiger partial charge in [-0.1, -0.05) is 239 Å². The standard InChI is InChI=1S/C53H103NO5/c1-6-9-12-15-18-21-23-25-27-29-32-34-37-40-43-48(4)58-52(56)47-46-50(54-51(55)45-42-39-36-31-20-17-14-11-8-3)53(57)59-49(5)44-41-38-35-33-30-28-26-24-22-19-16-13-10-7-2/h48-50H,6-47H2,1-5H3,(H,54,55). The van der Waals surface area contributed by atoms with Crippen LogP contribution in [0.25, 0.3) is 0 Å². The van der Waals surface area contributed by atoms with Crippen LogP contribution in [-0.4, -0.2) is 36.1 Å². The van der Waals surface area contributed by atoms with E-state index >= 15 is 0 Å². The van der Waals surface area contributed by atoms with Crippen LogP contribution in [0.1, 0.15) is 304 Å². The Balaban J connectivity index is 4.47. The Morgan fingerprint density at radius 2 is 0.644 bits per heavy atom. The van der Waals surface area contributed by atoms with Crippen LogP contribution in [0.2, 0.25) is 0 Å². The van der Waals surface area contributed by atoms with Crippen molar-refractivity contribution in [3.05, 3.63) is 0 Å². The molecule has 1 amide bonds. The molecule has 0 aliphatic carbocycles. The molecule has 350 valence electrons. The maximum absolute atomic E-state index is 13.4. The third-order valence-corrected chi connectivity index (χ3v) is 12.3. The van der Waals surface area contributed by atoms with Gasteiger partial charge in [-0.25, -0.2) is 4.79 Å². The summed E-state index contributed by atoms with van der Waals surface area (Å²) in [6.45, 7) is 10.7. The van der Waals surface area contributed by atoms with Crippen molar-refractivity contribution >= 4 is 17.8 Å². The number of nitrogens with one attached hydrogen (secondary N) is 1. The molecule has 0 aromatic rings. The van der Waals surface area contributed by atoms with Crippen molar-refractivity contribution in [3.8, 4) is 0 Å². The molecular weight excluding hydrogens is 731 g/mol. The second-order valence-corrected chi connectivity index (χ2v) is 18.6. The van der Waals surface area contributed by atoms with Crippen molar-refractivity contribution in [2.75, 3.05) is 0 Å². The van der Waals surface area contributed by atoms with Gasteiger partial charge in [0.1, 0.15) is 6.04 Å². The van der Waals surface area contributed by atoms with Gasteiger partial charge in [0.05, 0.1) is 12.2 Å². The molecule has 59 heavy (non-hydrogen) atoms. The number of ether oxygens (including phenoxy) is 2. The third kappa shape index (κ3) is 42.9. The SMILES string of the molecule is CCCCCCCCCCCCCCCCC(C)OC(=O)CCC(NC(=O)CCCCCCCCCCC)C(=O)OC(C)CCCCCCCCCCCCCCCC. The molecule has 0 aliphatic heterocycles. The van der Waals surface area contributed by atoms with E-state index in [2.05, 4.69) is 26.1 Å². The van der Waals surface area contributed by atoms with E-state index in [0.29, 0.717) is 6.42 Å². The van der Waals surface area contributed by atoms with Gasteiger partial charge in [-0.15, -0.1) is 0 Å². The predicted octanol–water partition coefficient (Wildman–Crippen LogP) is 16.8. The number of hydrogen-bond donors (Lipinski definition) is 1. The van der Waals surface area contributed by atoms with E-state index in [1.165, 1.54) is 199 Å². The van der Waals surface area contributed by atoms with Crippen LogP contribution in [-0.2, 0) is 23.9 Å². The lowest BCUT2D eigenvalue weighted by Crippen LogP contribution is -2.43. The van der Waals surface area contributed by atoms with Crippen LogP contribution in [0.3, 0.4) is 0 Å². The zero-order chi connectivity index (χ0) is 43.3. The average molecular weight is 834 g/mol. The number of rotatable bonds is 47. The Kier molecular flexibility index (Phi) is 44.7. The molecule has 0 saturated heterocycles. The Hall–Kier alpha value is -1.59. The summed E-state index contributed by atoms with van der Waals surface area (Å²) in [6, 6.07) is -0.825. The molecule has 0 radical (unpaired) electrons. The quantitative estimate of drug-likeness (QED) is 0.0488. The average Bonchev–Trinajstić information content (AvgIpc) is 3.21. The summed E-state index contributed by atoms with van der Waals surface area (Å²) in [6.07, 6.45) is 49.7. The zero-order valence-corrected chi connectivity index (χ0v) is 40.5. The molecule has 0 saturated carbocycles. The lowest BCUT2D eigenvalue weighted by molar-refractivity contribution is -0.154. The van der Waals surface area contributed by atoms with Crippen molar-refractivity contribution in [1.29, 1.82) is 0 Å². The second-order valence-electron chi connectivity index (χ2n) is 18.6. The molecule has 0 aromatic carbocycles. The fourth-order valence-electron chi connectivity index (χ4n) is 8.31. The summed E-state index contributed by atoms with van der Waals surface area (Å²) < 4.78 is 11.6. The van der Waals surface area contributed by atoms with Crippen LogP contribution in [0.4, 0.5) is 0 Å². The minimum atomic E-state index is -0.825. The monoisotopic (exact) mass is 834 g/mol. The highest BCUT2D eigenvalue weighted by Gasteiger charge is 2.25. The van der Waals surface area contributed by atoms with E-state index < -0.39 is 12.0 Å². The Labute approximate surface area is 368 Å².